The first-order valence-corrected chi connectivity index (χ1v) is 11.4. The summed E-state index contributed by atoms with van der Waals surface area (Å²) in [6, 6.07) is 11.1. The minimum Gasteiger partial charge on any atom is -0.459 e. The van der Waals surface area contributed by atoms with Crippen molar-refractivity contribution in [3.8, 4) is 0 Å². The zero-order chi connectivity index (χ0) is 24.8. The molecule has 7 nitrogen and oxygen atoms in total. The lowest BCUT2D eigenvalue weighted by atomic mass is 9.94. The van der Waals surface area contributed by atoms with Crippen molar-refractivity contribution in [1.29, 1.82) is 0 Å². The molecule has 3 rings (SSSR count). The van der Waals surface area contributed by atoms with Crippen LogP contribution in [0.1, 0.15) is 62.5 Å². The highest BCUT2D eigenvalue weighted by molar-refractivity contribution is 6.04. The summed E-state index contributed by atoms with van der Waals surface area (Å²) in [6.07, 6.45) is 1.38. The Morgan fingerprint density at radius 3 is 2.53 bits per heavy atom. The second kappa shape index (κ2) is 11.0. The first-order valence-electron chi connectivity index (χ1n) is 11.4. The zero-order valence-corrected chi connectivity index (χ0v) is 19.9. The molecule has 0 radical (unpaired) electrons. The quantitative estimate of drug-likeness (QED) is 0.525. The third kappa shape index (κ3) is 5.81. The van der Waals surface area contributed by atoms with Gasteiger partial charge >= 0.3 is 12.0 Å². The van der Waals surface area contributed by atoms with Gasteiger partial charge in [0.05, 0.1) is 17.7 Å². The van der Waals surface area contributed by atoms with Gasteiger partial charge in [-0.15, -0.1) is 0 Å². The van der Waals surface area contributed by atoms with Crippen LogP contribution in [-0.2, 0) is 9.53 Å². The Hall–Kier alpha value is -3.68. The van der Waals surface area contributed by atoms with E-state index in [1.165, 1.54) is 24.3 Å². The molecule has 0 aliphatic carbocycles. The van der Waals surface area contributed by atoms with Crippen LogP contribution in [0.4, 0.5) is 14.9 Å². The van der Waals surface area contributed by atoms with Crippen LogP contribution >= 0.6 is 0 Å². The highest BCUT2D eigenvalue weighted by Gasteiger charge is 2.36. The van der Waals surface area contributed by atoms with E-state index in [1.54, 1.807) is 49.9 Å². The van der Waals surface area contributed by atoms with Gasteiger partial charge in [0.1, 0.15) is 5.82 Å². The molecule has 1 heterocycles. The number of esters is 1. The first kappa shape index (κ1) is 25.0. The van der Waals surface area contributed by atoms with Crippen molar-refractivity contribution in [2.45, 2.75) is 52.7 Å². The van der Waals surface area contributed by atoms with Crippen LogP contribution in [0.2, 0.25) is 0 Å². The van der Waals surface area contributed by atoms with Crippen LogP contribution in [0, 0.1) is 5.82 Å². The molecular formula is C26H30FN3O4. The average molecular weight is 468 g/mol. The Bertz CT molecular complexity index is 1100. The van der Waals surface area contributed by atoms with Gasteiger partial charge in [0.2, 0.25) is 0 Å². The van der Waals surface area contributed by atoms with E-state index in [0.717, 1.165) is 12.8 Å². The molecule has 0 saturated heterocycles. The smallest absolute Gasteiger partial charge is 0.338 e. The largest absolute Gasteiger partial charge is 0.459 e. The minimum absolute atomic E-state index is 0.294. The number of rotatable bonds is 8. The van der Waals surface area contributed by atoms with E-state index in [1.807, 2.05) is 6.92 Å². The van der Waals surface area contributed by atoms with Gasteiger partial charge in [0.15, 0.2) is 0 Å². The molecule has 1 unspecified atom stereocenters. The number of hydrogen-bond acceptors (Lipinski definition) is 4. The lowest BCUT2D eigenvalue weighted by molar-refractivity contribution is -0.143. The Morgan fingerprint density at radius 2 is 1.88 bits per heavy atom. The third-order valence-corrected chi connectivity index (χ3v) is 5.48. The molecule has 34 heavy (non-hydrogen) atoms. The van der Waals surface area contributed by atoms with Crippen LogP contribution in [0.3, 0.4) is 0 Å². The summed E-state index contributed by atoms with van der Waals surface area (Å²) in [5.74, 6) is -1.33. The molecule has 0 bridgehead atoms. The van der Waals surface area contributed by atoms with E-state index in [-0.39, 0.29) is 12.1 Å². The van der Waals surface area contributed by atoms with E-state index >= 15 is 0 Å². The van der Waals surface area contributed by atoms with E-state index in [2.05, 4.69) is 10.6 Å². The fourth-order valence-corrected chi connectivity index (χ4v) is 3.76. The van der Waals surface area contributed by atoms with Crippen molar-refractivity contribution in [2.75, 3.05) is 11.9 Å². The second-order valence-corrected chi connectivity index (χ2v) is 8.43. The molecule has 180 valence electrons. The van der Waals surface area contributed by atoms with Crippen molar-refractivity contribution >= 4 is 23.6 Å². The number of carbonyl (C=O) groups excluding carboxylic acids is 3. The van der Waals surface area contributed by atoms with Gasteiger partial charge in [0, 0.05) is 23.5 Å². The summed E-state index contributed by atoms with van der Waals surface area (Å²) in [6.45, 7) is 7.81. The number of anilines is 1. The molecule has 0 aromatic heterocycles. The highest BCUT2D eigenvalue weighted by Crippen LogP contribution is 2.33. The molecule has 0 spiro atoms. The van der Waals surface area contributed by atoms with Crippen molar-refractivity contribution in [2.24, 2.45) is 0 Å². The molecule has 0 fully saturated rings. The molecule has 1 aliphatic heterocycles. The van der Waals surface area contributed by atoms with Crippen LogP contribution in [0.15, 0.2) is 59.8 Å². The van der Waals surface area contributed by atoms with E-state index in [0.29, 0.717) is 34.6 Å². The summed E-state index contributed by atoms with van der Waals surface area (Å²) in [4.78, 5) is 40.1. The SMILES string of the molecule is CCCCN1C(=O)NC(c2cccc(NC(=O)c3ccc(F)cc3)c2)C(C(=O)OC(C)C)=C1C. The fourth-order valence-electron chi connectivity index (χ4n) is 3.76. The highest BCUT2D eigenvalue weighted by atomic mass is 19.1. The Morgan fingerprint density at radius 1 is 1.18 bits per heavy atom. The lowest BCUT2D eigenvalue weighted by Gasteiger charge is -2.35. The number of benzene rings is 2. The van der Waals surface area contributed by atoms with Crippen molar-refractivity contribution in [1.82, 2.24) is 10.2 Å². The van der Waals surface area contributed by atoms with Gasteiger partial charge in [-0.3, -0.25) is 9.69 Å². The number of nitrogens with zero attached hydrogens (tertiary/aromatic N) is 1. The number of nitrogens with one attached hydrogen (secondary N) is 2. The summed E-state index contributed by atoms with van der Waals surface area (Å²) < 4.78 is 18.7. The molecular weight excluding hydrogens is 437 g/mol. The van der Waals surface area contributed by atoms with E-state index in [4.69, 9.17) is 4.74 Å². The standard InChI is InChI=1S/C26H30FN3O4/c1-5-6-14-30-17(4)22(25(32)34-16(2)3)23(29-26(30)33)19-8-7-9-21(15-19)28-24(31)18-10-12-20(27)13-11-18/h7-13,15-16,23H,5-6,14H2,1-4H3,(H,28,31)(H,29,33). The topological polar surface area (TPSA) is 87.7 Å². The number of carbonyl (C=O) groups is 3. The maximum absolute atomic E-state index is 13.2. The molecule has 2 N–H and O–H groups in total. The van der Waals surface area contributed by atoms with Crippen LogP contribution < -0.4 is 10.6 Å². The van der Waals surface area contributed by atoms with Gasteiger partial charge < -0.3 is 15.4 Å². The lowest BCUT2D eigenvalue weighted by Crippen LogP contribution is -2.48. The number of unbranched alkanes of at least 4 members (excludes halogenated alkanes) is 1. The van der Waals surface area contributed by atoms with Gasteiger partial charge in [-0.1, -0.05) is 25.5 Å². The Kier molecular flexibility index (Phi) is 8.04. The van der Waals surface area contributed by atoms with Crippen LogP contribution in [-0.4, -0.2) is 35.5 Å². The normalized spacial score (nSPS) is 15.9. The van der Waals surface area contributed by atoms with Crippen molar-refractivity contribution < 1.29 is 23.5 Å². The average Bonchev–Trinajstić information content (AvgIpc) is 2.78. The molecule has 1 atom stereocenters. The monoisotopic (exact) mass is 467 g/mol. The molecule has 2 aromatic rings. The molecule has 2 aromatic carbocycles. The van der Waals surface area contributed by atoms with Gasteiger partial charge in [-0.05, 0) is 69.2 Å². The number of halogens is 1. The molecule has 0 saturated carbocycles. The van der Waals surface area contributed by atoms with Gasteiger partial charge in [-0.25, -0.2) is 14.0 Å². The van der Waals surface area contributed by atoms with Gasteiger partial charge in [-0.2, -0.15) is 0 Å². The van der Waals surface area contributed by atoms with Gasteiger partial charge in [0.25, 0.3) is 5.91 Å². The second-order valence-electron chi connectivity index (χ2n) is 8.43. The minimum atomic E-state index is -0.737. The molecule has 3 amide bonds. The summed E-state index contributed by atoms with van der Waals surface area (Å²) in [5, 5.41) is 5.69. The van der Waals surface area contributed by atoms with Crippen molar-refractivity contribution in [3.05, 3.63) is 76.7 Å². The van der Waals surface area contributed by atoms with Crippen LogP contribution in [0.5, 0.6) is 0 Å². The number of amides is 3. The molecule has 1 aliphatic rings. The van der Waals surface area contributed by atoms with E-state index < -0.39 is 23.7 Å². The number of ether oxygens (including phenoxy) is 1. The Balaban J connectivity index is 1.93. The number of urea groups is 1. The maximum Gasteiger partial charge on any atom is 0.338 e. The zero-order valence-electron chi connectivity index (χ0n) is 19.9. The van der Waals surface area contributed by atoms with E-state index in [9.17, 15) is 18.8 Å². The molecule has 8 heteroatoms. The predicted octanol–water partition coefficient (Wildman–Crippen LogP) is 5.17. The Labute approximate surface area is 199 Å². The third-order valence-electron chi connectivity index (χ3n) is 5.48. The first-order chi connectivity index (χ1) is 16.2. The summed E-state index contributed by atoms with van der Waals surface area (Å²) >= 11 is 0. The maximum atomic E-state index is 13.2. The van der Waals surface area contributed by atoms with Crippen LogP contribution in [0.25, 0.3) is 0 Å². The number of allylic oxidation sites excluding steroid dienone is 1. The summed E-state index contributed by atoms with van der Waals surface area (Å²) in [5.41, 5.74) is 2.31. The summed E-state index contributed by atoms with van der Waals surface area (Å²) in [7, 11) is 0. The van der Waals surface area contributed by atoms with Crippen molar-refractivity contribution in [3.63, 3.8) is 0 Å². The fraction of sp³-hybridized carbons (Fsp3) is 0.346. The predicted molar refractivity (Wildman–Crippen MR) is 128 cm³/mol. The number of hydrogen-bond donors (Lipinski definition) is 2.